The van der Waals surface area contributed by atoms with Gasteiger partial charge >= 0.3 is 6.16 Å². The van der Waals surface area contributed by atoms with Gasteiger partial charge in [-0.25, -0.2) is 4.79 Å². The third-order valence-corrected chi connectivity index (χ3v) is 3.62. The van der Waals surface area contributed by atoms with E-state index in [1.54, 1.807) is 11.5 Å². The van der Waals surface area contributed by atoms with Crippen LogP contribution in [0, 0.1) is 18.3 Å². The highest BCUT2D eigenvalue weighted by Gasteiger charge is 2.27. The summed E-state index contributed by atoms with van der Waals surface area (Å²) in [6.45, 7) is 7.68. The zero-order valence-corrected chi connectivity index (χ0v) is 14.3. The molecule has 0 radical (unpaired) electrons. The minimum Gasteiger partial charge on any atom is -0.434 e. The lowest BCUT2D eigenvalue weighted by Gasteiger charge is -2.13. The normalized spacial score (nSPS) is 10.5. The third kappa shape index (κ3) is 3.20. The Hall–Kier alpha value is -2.94. The Bertz CT molecular complexity index is 783. The minimum atomic E-state index is -0.824. The predicted molar refractivity (Wildman–Crippen MR) is 91.4 cm³/mol. The van der Waals surface area contributed by atoms with E-state index in [0.29, 0.717) is 16.8 Å². The molecule has 1 aromatic heterocycles. The number of hydrogen-bond donors (Lipinski definition) is 1. The molecular formula is C18H21N3O3. The number of aryl methyl sites for hydroxylation is 1. The smallest absolute Gasteiger partial charge is 0.434 e. The van der Waals surface area contributed by atoms with Gasteiger partial charge in [-0.15, -0.1) is 0 Å². The van der Waals surface area contributed by atoms with Crippen LogP contribution in [-0.4, -0.2) is 17.3 Å². The Morgan fingerprint density at radius 1 is 1.33 bits per heavy atom. The second-order valence-corrected chi connectivity index (χ2v) is 5.70. The van der Waals surface area contributed by atoms with Crippen LogP contribution < -0.4 is 10.5 Å². The number of nitriles is 1. The molecule has 0 atom stereocenters. The number of rotatable bonds is 4. The van der Waals surface area contributed by atoms with E-state index in [2.05, 4.69) is 6.07 Å². The van der Waals surface area contributed by atoms with Gasteiger partial charge in [-0.3, -0.25) is 4.57 Å². The van der Waals surface area contributed by atoms with Crippen molar-refractivity contribution in [3.63, 3.8) is 0 Å². The lowest BCUT2D eigenvalue weighted by atomic mass is 10.0. The molecule has 126 valence electrons. The number of carbonyl (C=O) groups is 1. The Morgan fingerprint density at radius 3 is 2.46 bits per heavy atom. The van der Waals surface area contributed by atoms with Crippen LogP contribution in [0.15, 0.2) is 24.3 Å². The SMILES string of the molecule is CCOC(=O)Oc1c(C(C)C)c(C#N)c(N)n1-c1ccc(C)cc1. The van der Waals surface area contributed by atoms with Gasteiger partial charge in [0.05, 0.1) is 12.3 Å². The summed E-state index contributed by atoms with van der Waals surface area (Å²) in [5, 5.41) is 9.50. The molecule has 0 spiro atoms. The topological polar surface area (TPSA) is 90.3 Å². The van der Waals surface area contributed by atoms with Crippen LogP contribution >= 0.6 is 0 Å². The molecular weight excluding hydrogens is 306 g/mol. The number of nitrogens with zero attached hydrogens (tertiary/aromatic N) is 2. The van der Waals surface area contributed by atoms with E-state index in [1.165, 1.54) is 0 Å². The molecule has 0 aliphatic carbocycles. The summed E-state index contributed by atoms with van der Waals surface area (Å²) in [6, 6.07) is 9.67. The highest BCUT2D eigenvalue weighted by Crippen LogP contribution is 2.39. The molecule has 1 heterocycles. The summed E-state index contributed by atoms with van der Waals surface area (Å²) in [6.07, 6.45) is -0.824. The van der Waals surface area contributed by atoms with Gasteiger partial charge in [-0.2, -0.15) is 5.26 Å². The van der Waals surface area contributed by atoms with Crippen molar-refractivity contribution in [2.45, 2.75) is 33.6 Å². The molecule has 0 saturated heterocycles. The lowest BCUT2D eigenvalue weighted by Crippen LogP contribution is -2.14. The molecule has 0 bridgehead atoms. The fourth-order valence-corrected chi connectivity index (χ4v) is 2.52. The molecule has 0 fully saturated rings. The molecule has 2 N–H and O–H groups in total. The number of anilines is 1. The van der Waals surface area contributed by atoms with E-state index in [1.807, 2.05) is 45.0 Å². The lowest BCUT2D eigenvalue weighted by molar-refractivity contribution is 0.101. The molecule has 1 aromatic carbocycles. The maximum Gasteiger partial charge on any atom is 0.515 e. The second kappa shape index (κ2) is 7.09. The van der Waals surface area contributed by atoms with Crippen molar-refractivity contribution in [2.24, 2.45) is 0 Å². The second-order valence-electron chi connectivity index (χ2n) is 5.70. The van der Waals surface area contributed by atoms with Gasteiger partial charge in [0.25, 0.3) is 0 Å². The first-order chi connectivity index (χ1) is 11.4. The number of ether oxygens (including phenoxy) is 2. The van der Waals surface area contributed by atoms with Gasteiger partial charge in [0.1, 0.15) is 17.5 Å². The summed E-state index contributed by atoms with van der Waals surface area (Å²) < 4.78 is 11.8. The molecule has 0 aliphatic rings. The van der Waals surface area contributed by atoms with Crippen LogP contribution in [0.25, 0.3) is 5.69 Å². The summed E-state index contributed by atoms with van der Waals surface area (Å²) in [4.78, 5) is 11.9. The monoisotopic (exact) mass is 327 g/mol. The Labute approximate surface area is 141 Å². The summed E-state index contributed by atoms with van der Waals surface area (Å²) in [5.41, 5.74) is 8.87. The van der Waals surface area contributed by atoms with E-state index in [0.717, 1.165) is 5.56 Å². The van der Waals surface area contributed by atoms with E-state index in [9.17, 15) is 10.1 Å². The van der Waals surface area contributed by atoms with E-state index >= 15 is 0 Å². The highest BCUT2D eigenvalue weighted by molar-refractivity contribution is 5.71. The van der Waals surface area contributed by atoms with Crippen molar-refractivity contribution in [3.05, 3.63) is 41.0 Å². The first kappa shape index (κ1) is 17.4. The Balaban J connectivity index is 2.70. The van der Waals surface area contributed by atoms with Crippen molar-refractivity contribution < 1.29 is 14.3 Å². The summed E-state index contributed by atoms with van der Waals surface area (Å²) in [5.74, 6) is 0.406. The zero-order chi connectivity index (χ0) is 17.9. The zero-order valence-electron chi connectivity index (χ0n) is 14.3. The Kier molecular flexibility index (Phi) is 5.14. The summed E-state index contributed by atoms with van der Waals surface area (Å²) >= 11 is 0. The van der Waals surface area contributed by atoms with Crippen molar-refractivity contribution >= 4 is 12.0 Å². The number of benzene rings is 1. The molecule has 0 saturated carbocycles. The summed E-state index contributed by atoms with van der Waals surface area (Å²) in [7, 11) is 0. The maximum absolute atomic E-state index is 11.9. The van der Waals surface area contributed by atoms with Gasteiger partial charge in [0, 0.05) is 5.56 Å². The fraction of sp³-hybridized carbons (Fsp3) is 0.333. The van der Waals surface area contributed by atoms with Crippen molar-refractivity contribution in [2.75, 3.05) is 12.3 Å². The van der Waals surface area contributed by atoms with Gasteiger partial charge in [0.15, 0.2) is 0 Å². The van der Waals surface area contributed by atoms with Crippen LogP contribution in [0.4, 0.5) is 10.6 Å². The van der Waals surface area contributed by atoms with Gasteiger partial charge in [-0.1, -0.05) is 31.5 Å². The van der Waals surface area contributed by atoms with Crippen LogP contribution in [-0.2, 0) is 4.74 Å². The molecule has 0 unspecified atom stereocenters. The van der Waals surface area contributed by atoms with Crippen molar-refractivity contribution in [3.8, 4) is 17.6 Å². The molecule has 6 nitrogen and oxygen atoms in total. The van der Waals surface area contributed by atoms with Crippen molar-refractivity contribution in [1.82, 2.24) is 4.57 Å². The fourth-order valence-electron chi connectivity index (χ4n) is 2.52. The minimum absolute atomic E-state index is 0.0573. The number of nitrogens with two attached hydrogens (primary N) is 1. The molecule has 2 rings (SSSR count). The highest BCUT2D eigenvalue weighted by atomic mass is 16.7. The van der Waals surface area contributed by atoms with Crippen LogP contribution in [0.5, 0.6) is 5.88 Å². The average molecular weight is 327 g/mol. The number of nitrogen functional groups attached to an aromatic ring is 1. The Morgan fingerprint density at radius 2 is 1.96 bits per heavy atom. The first-order valence-electron chi connectivity index (χ1n) is 7.76. The van der Waals surface area contributed by atoms with E-state index in [4.69, 9.17) is 15.2 Å². The molecule has 6 heteroatoms. The third-order valence-electron chi connectivity index (χ3n) is 3.62. The van der Waals surface area contributed by atoms with Crippen LogP contribution in [0.3, 0.4) is 0 Å². The maximum atomic E-state index is 11.9. The molecule has 0 aliphatic heterocycles. The van der Waals surface area contributed by atoms with E-state index in [-0.39, 0.29) is 24.2 Å². The number of carbonyl (C=O) groups excluding carboxylic acids is 1. The van der Waals surface area contributed by atoms with Gasteiger partial charge in [-0.05, 0) is 31.9 Å². The molecule has 24 heavy (non-hydrogen) atoms. The molecule has 2 aromatic rings. The first-order valence-corrected chi connectivity index (χ1v) is 7.76. The van der Waals surface area contributed by atoms with Crippen LogP contribution in [0.1, 0.15) is 43.4 Å². The largest absolute Gasteiger partial charge is 0.515 e. The molecule has 0 amide bonds. The number of aromatic nitrogens is 1. The quantitative estimate of drug-likeness (QED) is 0.860. The number of hydrogen-bond acceptors (Lipinski definition) is 5. The standard InChI is InChI=1S/C18H21N3O3/c1-5-23-18(22)24-17-15(11(2)3)14(10-19)16(20)21(17)13-8-6-12(4)7-9-13/h6-9,11H,5,20H2,1-4H3. The van der Waals surface area contributed by atoms with Gasteiger partial charge in [0.2, 0.25) is 5.88 Å². The predicted octanol–water partition coefficient (Wildman–Crippen LogP) is 3.90. The van der Waals surface area contributed by atoms with E-state index < -0.39 is 6.16 Å². The average Bonchev–Trinajstić information content (AvgIpc) is 2.80. The van der Waals surface area contributed by atoms with Crippen molar-refractivity contribution in [1.29, 1.82) is 5.26 Å². The van der Waals surface area contributed by atoms with Gasteiger partial charge < -0.3 is 15.2 Å². The van der Waals surface area contributed by atoms with Crippen LogP contribution in [0.2, 0.25) is 0 Å².